The minimum absolute atomic E-state index is 0.0573. The van der Waals surface area contributed by atoms with Gasteiger partial charge in [0.25, 0.3) is 0 Å². The molecule has 2 rings (SSSR count). The Kier molecular flexibility index (Phi) is 2.93. The van der Waals surface area contributed by atoms with Crippen molar-refractivity contribution >= 4 is 16.1 Å². The molecule has 7 heteroatoms. The van der Waals surface area contributed by atoms with Crippen LogP contribution in [0.5, 0.6) is 0 Å². The fourth-order valence-electron chi connectivity index (χ4n) is 1.62. The van der Waals surface area contributed by atoms with Gasteiger partial charge in [-0.2, -0.15) is 0 Å². The van der Waals surface area contributed by atoms with Crippen molar-refractivity contribution in [3.63, 3.8) is 0 Å². The molecule has 1 aromatic heterocycles. The summed E-state index contributed by atoms with van der Waals surface area (Å²) in [5.74, 6) is 0. The molecule has 2 aromatic rings. The number of nitrogens with two attached hydrogens (primary N) is 1. The second kappa shape index (κ2) is 4.28. The number of hydrogen-bond donors (Lipinski definition) is 2. The highest BCUT2D eigenvalue weighted by Crippen LogP contribution is 2.22. The van der Waals surface area contributed by atoms with Crippen molar-refractivity contribution in [3.8, 4) is 11.3 Å². The highest BCUT2D eigenvalue weighted by molar-refractivity contribution is 7.89. The standard InChI is InChI=1S/C11H10N2O4S/c12-18(16,17)9-4-1-3-8(7-9)10-5-2-6-13(10)11(14)15/h1-7H,(H,14,15)(H2,12,16,17). The van der Waals surface area contributed by atoms with Crippen LogP contribution in [0.2, 0.25) is 0 Å². The normalized spacial score (nSPS) is 11.4. The fraction of sp³-hybridized carbons (Fsp3) is 0. The van der Waals surface area contributed by atoms with Crippen LogP contribution in [0.4, 0.5) is 4.79 Å². The predicted octanol–water partition coefficient (Wildman–Crippen LogP) is 1.33. The molecular weight excluding hydrogens is 256 g/mol. The third kappa shape index (κ3) is 2.27. The summed E-state index contributed by atoms with van der Waals surface area (Å²) >= 11 is 0. The smallest absolute Gasteiger partial charge is 0.415 e. The summed E-state index contributed by atoms with van der Waals surface area (Å²) in [6, 6.07) is 8.96. The molecule has 0 spiro atoms. The first-order valence-corrected chi connectivity index (χ1v) is 6.48. The summed E-state index contributed by atoms with van der Waals surface area (Å²) < 4.78 is 23.5. The average molecular weight is 266 g/mol. The maximum absolute atomic E-state index is 11.2. The molecule has 1 aromatic carbocycles. The molecule has 1 heterocycles. The van der Waals surface area contributed by atoms with Crippen molar-refractivity contribution in [1.82, 2.24) is 4.57 Å². The highest BCUT2D eigenvalue weighted by atomic mass is 32.2. The monoisotopic (exact) mass is 266 g/mol. The van der Waals surface area contributed by atoms with Gasteiger partial charge in [-0.1, -0.05) is 12.1 Å². The Hall–Kier alpha value is -2.12. The fourth-order valence-corrected chi connectivity index (χ4v) is 2.17. The summed E-state index contributed by atoms with van der Waals surface area (Å²) in [5, 5.41) is 14.0. The summed E-state index contributed by atoms with van der Waals surface area (Å²) in [6.07, 6.45) is 0.234. The first kappa shape index (κ1) is 12.3. The van der Waals surface area contributed by atoms with Crippen molar-refractivity contribution in [1.29, 1.82) is 0 Å². The van der Waals surface area contributed by atoms with Crippen molar-refractivity contribution in [2.24, 2.45) is 5.14 Å². The van der Waals surface area contributed by atoms with Crippen LogP contribution in [0.1, 0.15) is 0 Å². The Bertz CT molecular complexity index is 703. The maximum atomic E-state index is 11.2. The lowest BCUT2D eigenvalue weighted by Crippen LogP contribution is -2.12. The Morgan fingerprint density at radius 2 is 1.94 bits per heavy atom. The first-order valence-electron chi connectivity index (χ1n) is 4.93. The van der Waals surface area contributed by atoms with Crippen molar-refractivity contribution in [2.45, 2.75) is 4.90 Å². The minimum atomic E-state index is -3.81. The zero-order valence-electron chi connectivity index (χ0n) is 9.15. The highest BCUT2D eigenvalue weighted by Gasteiger charge is 2.12. The van der Waals surface area contributed by atoms with Crippen LogP contribution in [0, 0.1) is 0 Å². The molecule has 0 amide bonds. The number of benzene rings is 1. The molecule has 18 heavy (non-hydrogen) atoms. The molecule has 0 radical (unpaired) electrons. The van der Waals surface area contributed by atoms with Gasteiger partial charge in [0.05, 0.1) is 10.6 Å². The molecule has 6 nitrogen and oxygen atoms in total. The molecule has 0 aliphatic carbocycles. The average Bonchev–Trinajstić information content (AvgIpc) is 2.77. The van der Waals surface area contributed by atoms with E-state index >= 15 is 0 Å². The molecule has 0 saturated heterocycles. The van der Waals surface area contributed by atoms with Crippen molar-refractivity contribution in [2.75, 3.05) is 0 Å². The van der Waals surface area contributed by atoms with E-state index in [-0.39, 0.29) is 4.90 Å². The van der Waals surface area contributed by atoms with Gasteiger partial charge in [-0.15, -0.1) is 0 Å². The van der Waals surface area contributed by atoms with Crippen LogP contribution >= 0.6 is 0 Å². The Balaban J connectivity index is 2.59. The molecule has 0 aliphatic heterocycles. The predicted molar refractivity (Wildman–Crippen MR) is 64.7 cm³/mol. The zero-order chi connectivity index (χ0) is 13.3. The third-order valence-corrected chi connectivity index (χ3v) is 3.32. The number of rotatable bonds is 2. The lowest BCUT2D eigenvalue weighted by atomic mass is 10.1. The summed E-state index contributed by atoms with van der Waals surface area (Å²) in [6.45, 7) is 0. The van der Waals surface area contributed by atoms with E-state index in [4.69, 9.17) is 10.2 Å². The van der Waals surface area contributed by atoms with Gasteiger partial charge in [-0.3, -0.25) is 4.57 Å². The molecule has 94 valence electrons. The lowest BCUT2D eigenvalue weighted by molar-refractivity contribution is 0.197. The zero-order valence-corrected chi connectivity index (χ0v) is 9.96. The number of carboxylic acid groups (broad SMARTS) is 1. The van der Waals surface area contributed by atoms with E-state index in [2.05, 4.69) is 0 Å². The van der Waals surface area contributed by atoms with E-state index in [1.807, 2.05) is 0 Å². The van der Waals surface area contributed by atoms with E-state index in [0.717, 1.165) is 4.57 Å². The Morgan fingerprint density at radius 3 is 2.56 bits per heavy atom. The van der Waals surface area contributed by atoms with Crippen molar-refractivity contribution in [3.05, 3.63) is 42.6 Å². The van der Waals surface area contributed by atoms with Gasteiger partial charge < -0.3 is 5.11 Å². The molecule has 0 fully saturated rings. The molecule has 0 saturated carbocycles. The number of primary sulfonamides is 1. The number of carbonyl (C=O) groups is 1. The number of aromatic nitrogens is 1. The first-order chi connectivity index (χ1) is 8.39. The van der Waals surface area contributed by atoms with E-state index in [9.17, 15) is 13.2 Å². The summed E-state index contributed by atoms with van der Waals surface area (Å²) in [4.78, 5) is 10.9. The molecule has 0 aliphatic rings. The van der Waals surface area contributed by atoms with Crippen LogP contribution in [0.25, 0.3) is 11.3 Å². The van der Waals surface area contributed by atoms with Gasteiger partial charge in [-0.05, 0) is 24.3 Å². The van der Waals surface area contributed by atoms with Crippen LogP contribution in [0.3, 0.4) is 0 Å². The molecule has 0 bridgehead atoms. The van der Waals surface area contributed by atoms with Crippen LogP contribution in [-0.2, 0) is 10.0 Å². The van der Waals surface area contributed by atoms with Gasteiger partial charge >= 0.3 is 6.09 Å². The Morgan fingerprint density at radius 1 is 1.22 bits per heavy atom. The van der Waals surface area contributed by atoms with E-state index < -0.39 is 16.1 Å². The van der Waals surface area contributed by atoms with Crippen molar-refractivity contribution < 1.29 is 18.3 Å². The summed E-state index contributed by atoms with van der Waals surface area (Å²) in [5.41, 5.74) is 0.849. The largest absolute Gasteiger partial charge is 0.464 e. The molecule has 3 N–H and O–H groups in total. The maximum Gasteiger partial charge on any atom is 0.415 e. The van der Waals surface area contributed by atoms with E-state index in [1.54, 1.807) is 18.2 Å². The lowest BCUT2D eigenvalue weighted by Gasteiger charge is -2.05. The number of hydrogen-bond acceptors (Lipinski definition) is 3. The third-order valence-electron chi connectivity index (χ3n) is 2.41. The van der Waals surface area contributed by atoms with Gasteiger partial charge in [0, 0.05) is 11.8 Å². The van der Waals surface area contributed by atoms with Crippen LogP contribution in [0.15, 0.2) is 47.5 Å². The molecular formula is C11H10N2O4S. The second-order valence-electron chi connectivity index (χ2n) is 3.62. The Labute approximate surface area is 103 Å². The van der Waals surface area contributed by atoms with E-state index in [1.165, 1.54) is 24.4 Å². The second-order valence-corrected chi connectivity index (χ2v) is 5.18. The molecule has 0 atom stereocenters. The van der Waals surface area contributed by atoms with Crippen LogP contribution in [-0.4, -0.2) is 24.2 Å². The van der Waals surface area contributed by atoms with Gasteiger partial charge in [0.2, 0.25) is 10.0 Å². The van der Waals surface area contributed by atoms with Gasteiger partial charge in [0.1, 0.15) is 0 Å². The topological polar surface area (TPSA) is 102 Å². The number of nitrogens with zero attached hydrogens (tertiary/aromatic N) is 1. The number of sulfonamides is 1. The summed E-state index contributed by atoms with van der Waals surface area (Å²) in [7, 11) is -3.81. The SMILES string of the molecule is NS(=O)(=O)c1cccc(-c2cccn2C(=O)O)c1. The minimum Gasteiger partial charge on any atom is -0.464 e. The molecule has 0 unspecified atom stereocenters. The van der Waals surface area contributed by atoms with Gasteiger partial charge in [0.15, 0.2) is 0 Å². The van der Waals surface area contributed by atoms with E-state index in [0.29, 0.717) is 11.3 Å². The van der Waals surface area contributed by atoms with Crippen LogP contribution < -0.4 is 5.14 Å². The van der Waals surface area contributed by atoms with Gasteiger partial charge in [-0.25, -0.2) is 18.4 Å². The quantitative estimate of drug-likeness (QED) is 0.855.